The number of anilines is 1. The molecule has 1 atom stereocenters. The van der Waals surface area contributed by atoms with E-state index in [9.17, 15) is 4.79 Å². The molecule has 1 N–H and O–H groups in total. The summed E-state index contributed by atoms with van der Waals surface area (Å²) in [4.78, 5) is 25.8. The molecule has 3 aromatic heterocycles. The van der Waals surface area contributed by atoms with E-state index in [0.29, 0.717) is 18.2 Å². The van der Waals surface area contributed by atoms with Gasteiger partial charge in [0.25, 0.3) is 5.91 Å². The van der Waals surface area contributed by atoms with Gasteiger partial charge in [0.1, 0.15) is 0 Å². The first kappa shape index (κ1) is 18.0. The van der Waals surface area contributed by atoms with Crippen LogP contribution in [0.15, 0.2) is 36.8 Å². The maximum atomic E-state index is 12.6. The minimum atomic E-state index is -0.0347. The van der Waals surface area contributed by atoms with Gasteiger partial charge in [-0.1, -0.05) is 0 Å². The van der Waals surface area contributed by atoms with Gasteiger partial charge in [0.2, 0.25) is 5.95 Å². The first-order valence-electron chi connectivity index (χ1n) is 10.1. The number of carbonyl (C=O) groups excluding carboxylic acids is 1. The fourth-order valence-electron chi connectivity index (χ4n) is 3.88. The molecule has 1 amide bonds. The molecule has 1 unspecified atom stereocenters. The molecule has 0 aromatic carbocycles. The lowest BCUT2D eigenvalue weighted by atomic mass is 9.93. The van der Waals surface area contributed by atoms with Gasteiger partial charge in [0.15, 0.2) is 11.5 Å². The van der Waals surface area contributed by atoms with E-state index in [1.165, 1.54) is 6.42 Å². The summed E-state index contributed by atoms with van der Waals surface area (Å²) in [5, 5.41) is 11.9. The SMILES string of the molecule is CN1CCN(c2ncccn2)CC1c1nnc2ccc(C(=O)NC3CCC3)cn12. The largest absolute Gasteiger partial charge is 0.349 e. The number of amides is 1. The van der Waals surface area contributed by atoms with E-state index in [1.54, 1.807) is 12.4 Å². The van der Waals surface area contributed by atoms with E-state index in [4.69, 9.17) is 0 Å². The van der Waals surface area contributed by atoms with Crippen molar-refractivity contribution >= 4 is 17.5 Å². The number of rotatable bonds is 4. The summed E-state index contributed by atoms with van der Waals surface area (Å²) in [5.41, 5.74) is 1.37. The minimum absolute atomic E-state index is 0.0208. The first-order valence-corrected chi connectivity index (χ1v) is 10.1. The summed E-state index contributed by atoms with van der Waals surface area (Å²) >= 11 is 0. The summed E-state index contributed by atoms with van der Waals surface area (Å²) in [7, 11) is 2.09. The zero-order valence-electron chi connectivity index (χ0n) is 16.4. The van der Waals surface area contributed by atoms with Crippen LogP contribution >= 0.6 is 0 Å². The smallest absolute Gasteiger partial charge is 0.252 e. The number of nitrogens with zero attached hydrogens (tertiary/aromatic N) is 7. The van der Waals surface area contributed by atoms with E-state index in [2.05, 4.69) is 42.3 Å². The highest BCUT2D eigenvalue weighted by molar-refractivity contribution is 5.94. The summed E-state index contributed by atoms with van der Waals surface area (Å²) in [6.45, 7) is 2.42. The molecule has 1 aliphatic heterocycles. The topological polar surface area (TPSA) is 91.6 Å². The number of piperazine rings is 1. The highest BCUT2D eigenvalue weighted by Crippen LogP contribution is 2.25. The van der Waals surface area contributed by atoms with Crippen LogP contribution in [0.2, 0.25) is 0 Å². The van der Waals surface area contributed by atoms with Gasteiger partial charge in [0.05, 0.1) is 11.6 Å². The van der Waals surface area contributed by atoms with Crippen molar-refractivity contribution in [2.24, 2.45) is 0 Å². The number of likely N-dealkylation sites (N-methyl/N-ethyl adjacent to an activating group) is 1. The molecule has 5 rings (SSSR count). The third-order valence-corrected chi connectivity index (χ3v) is 5.91. The quantitative estimate of drug-likeness (QED) is 0.715. The summed E-state index contributed by atoms with van der Waals surface area (Å²) in [5.74, 6) is 1.51. The van der Waals surface area contributed by atoms with Gasteiger partial charge in [-0.25, -0.2) is 9.97 Å². The molecule has 1 saturated heterocycles. The van der Waals surface area contributed by atoms with Crippen molar-refractivity contribution < 1.29 is 4.79 Å². The Morgan fingerprint density at radius 2 is 1.97 bits per heavy atom. The lowest BCUT2D eigenvalue weighted by molar-refractivity contribution is 0.0916. The predicted octanol–water partition coefficient (Wildman–Crippen LogP) is 1.29. The zero-order chi connectivity index (χ0) is 19.8. The second-order valence-electron chi connectivity index (χ2n) is 7.80. The summed E-state index contributed by atoms with van der Waals surface area (Å²) < 4.78 is 1.94. The molecule has 3 aromatic rings. The molecule has 1 aliphatic carbocycles. The van der Waals surface area contributed by atoms with E-state index in [0.717, 1.165) is 43.4 Å². The number of pyridine rings is 1. The number of aromatic nitrogens is 5. The summed E-state index contributed by atoms with van der Waals surface area (Å²) in [6.07, 6.45) is 8.69. The van der Waals surface area contributed by atoms with Gasteiger partial charge in [0, 0.05) is 44.3 Å². The van der Waals surface area contributed by atoms with E-state index in [-0.39, 0.29) is 11.9 Å². The molecule has 0 spiro atoms. The molecule has 2 aliphatic rings. The molecular formula is C20H24N8O. The second-order valence-corrected chi connectivity index (χ2v) is 7.80. The van der Waals surface area contributed by atoms with Crippen molar-refractivity contribution in [3.63, 3.8) is 0 Å². The standard InChI is InChI=1S/C20H24N8O/c1-26-10-11-27(20-21-8-3-9-22-20)13-16(26)18-25-24-17-7-6-14(12-28(17)18)19(29)23-15-4-2-5-15/h3,6-9,12,15-16H,2,4-5,10-11,13H2,1H3,(H,23,29). The maximum Gasteiger partial charge on any atom is 0.252 e. The van der Waals surface area contributed by atoms with Crippen LogP contribution in [0.5, 0.6) is 0 Å². The van der Waals surface area contributed by atoms with Crippen LogP contribution in [0.25, 0.3) is 5.65 Å². The van der Waals surface area contributed by atoms with Crippen molar-refractivity contribution in [3.05, 3.63) is 48.2 Å². The highest BCUT2D eigenvalue weighted by atomic mass is 16.1. The molecular weight excluding hydrogens is 368 g/mol. The van der Waals surface area contributed by atoms with Gasteiger partial charge in [-0.15, -0.1) is 10.2 Å². The Morgan fingerprint density at radius 3 is 2.72 bits per heavy atom. The summed E-state index contributed by atoms with van der Waals surface area (Å²) in [6, 6.07) is 5.82. The average Bonchev–Trinajstić information content (AvgIpc) is 3.14. The van der Waals surface area contributed by atoms with Gasteiger partial charge in [-0.2, -0.15) is 0 Å². The first-order chi connectivity index (χ1) is 14.2. The van der Waals surface area contributed by atoms with Crippen LogP contribution in [0, 0.1) is 0 Å². The van der Waals surface area contributed by atoms with Crippen molar-refractivity contribution in [2.75, 3.05) is 31.6 Å². The van der Waals surface area contributed by atoms with Crippen molar-refractivity contribution in [1.29, 1.82) is 0 Å². The fourth-order valence-corrected chi connectivity index (χ4v) is 3.88. The number of carbonyl (C=O) groups is 1. The number of hydrogen-bond donors (Lipinski definition) is 1. The van der Waals surface area contributed by atoms with Crippen molar-refractivity contribution in [1.82, 2.24) is 34.8 Å². The molecule has 1 saturated carbocycles. The second kappa shape index (κ2) is 7.40. The number of nitrogens with one attached hydrogen (secondary N) is 1. The normalized spacial score (nSPS) is 20.6. The fraction of sp³-hybridized carbons (Fsp3) is 0.450. The molecule has 2 fully saturated rings. The highest BCUT2D eigenvalue weighted by Gasteiger charge is 2.30. The van der Waals surface area contributed by atoms with Crippen molar-refractivity contribution in [3.8, 4) is 0 Å². The van der Waals surface area contributed by atoms with Crippen LogP contribution in [-0.4, -0.2) is 68.1 Å². The lowest BCUT2D eigenvalue weighted by Crippen LogP contribution is -2.48. The minimum Gasteiger partial charge on any atom is -0.349 e. The molecule has 0 radical (unpaired) electrons. The number of hydrogen-bond acceptors (Lipinski definition) is 7. The van der Waals surface area contributed by atoms with Crippen LogP contribution in [0.4, 0.5) is 5.95 Å². The van der Waals surface area contributed by atoms with Crippen LogP contribution < -0.4 is 10.2 Å². The number of fused-ring (bicyclic) bond motifs is 1. The molecule has 29 heavy (non-hydrogen) atoms. The Balaban J connectivity index is 1.43. The maximum absolute atomic E-state index is 12.6. The molecule has 9 heteroatoms. The van der Waals surface area contributed by atoms with E-state index in [1.807, 2.05) is 28.8 Å². The third kappa shape index (κ3) is 3.42. The lowest BCUT2D eigenvalue weighted by Gasteiger charge is -2.38. The van der Waals surface area contributed by atoms with Gasteiger partial charge >= 0.3 is 0 Å². The van der Waals surface area contributed by atoms with Crippen molar-refractivity contribution in [2.45, 2.75) is 31.3 Å². The van der Waals surface area contributed by atoms with Gasteiger partial charge in [-0.05, 0) is 44.5 Å². The molecule has 9 nitrogen and oxygen atoms in total. The third-order valence-electron chi connectivity index (χ3n) is 5.91. The Bertz CT molecular complexity index is 1020. The Morgan fingerprint density at radius 1 is 1.14 bits per heavy atom. The monoisotopic (exact) mass is 392 g/mol. The zero-order valence-corrected chi connectivity index (χ0v) is 16.4. The van der Waals surface area contributed by atoms with Gasteiger partial charge in [-0.3, -0.25) is 14.1 Å². The molecule has 150 valence electrons. The molecule has 4 heterocycles. The Labute approximate surface area is 168 Å². The Hall–Kier alpha value is -3.07. The van der Waals surface area contributed by atoms with E-state index < -0.39 is 0 Å². The van der Waals surface area contributed by atoms with Crippen LogP contribution in [0.1, 0.15) is 41.5 Å². The predicted molar refractivity (Wildman–Crippen MR) is 108 cm³/mol. The average molecular weight is 392 g/mol. The van der Waals surface area contributed by atoms with E-state index >= 15 is 0 Å². The van der Waals surface area contributed by atoms with Crippen LogP contribution in [-0.2, 0) is 0 Å². The Kier molecular flexibility index (Phi) is 4.59. The molecule has 0 bridgehead atoms. The van der Waals surface area contributed by atoms with Crippen LogP contribution in [0.3, 0.4) is 0 Å². The van der Waals surface area contributed by atoms with Gasteiger partial charge < -0.3 is 10.2 Å².